The Morgan fingerprint density at radius 1 is 1.25 bits per heavy atom. The van der Waals surface area contributed by atoms with E-state index in [2.05, 4.69) is 21.2 Å². The number of carbonyl (C=O) groups is 1. The van der Waals surface area contributed by atoms with E-state index >= 15 is 0 Å². The third-order valence-corrected chi connectivity index (χ3v) is 4.34. The van der Waals surface area contributed by atoms with E-state index < -0.39 is 10.8 Å². The Bertz CT molecular complexity index is 691. The minimum atomic E-state index is -1.09. The van der Waals surface area contributed by atoms with Gasteiger partial charge in [0.1, 0.15) is 0 Å². The molecular weight excluding hydrogens is 362 g/mol. The lowest BCUT2D eigenvalue weighted by atomic mass is 10.2. The smallest absolute Gasteiger partial charge is 0.257 e. The van der Waals surface area contributed by atoms with Gasteiger partial charge in [0, 0.05) is 32.1 Å². The van der Waals surface area contributed by atoms with Crippen LogP contribution in [0, 0.1) is 0 Å². The Kier molecular flexibility index (Phi) is 4.96. The number of hydrogen-bond donors (Lipinski definition) is 1. The highest BCUT2D eigenvalue weighted by atomic mass is 79.9. The summed E-state index contributed by atoms with van der Waals surface area (Å²) in [6.45, 7) is 0. The lowest BCUT2D eigenvalue weighted by Gasteiger charge is -2.08. The third-order valence-electron chi connectivity index (χ3n) is 2.60. The van der Waals surface area contributed by atoms with Crippen molar-refractivity contribution < 1.29 is 9.00 Å². The maximum Gasteiger partial charge on any atom is 0.257 e. The van der Waals surface area contributed by atoms with E-state index in [1.54, 1.807) is 48.7 Å². The number of halogens is 2. The summed E-state index contributed by atoms with van der Waals surface area (Å²) < 4.78 is 12.2. The standard InChI is InChI=1S/C14H11BrClNO2S/c1-20(19)11-4-2-3-10(8-11)17-14(18)12-7-9(15)5-6-13(12)16/h2-8H,1H3,(H,17,18). The molecule has 3 nitrogen and oxygen atoms in total. The van der Waals surface area contributed by atoms with Crippen LogP contribution in [0.5, 0.6) is 0 Å². The zero-order chi connectivity index (χ0) is 14.7. The summed E-state index contributed by atoms with van der Waals surface area (Å²) in [5.41, 5.74) is 0.961. The number of carbonyl (C=O) groups excluding carboxylic acids is 1. The highest BCUT2D eigenvalue weighted by molar-refractivity contribution is 9.10. The van der Waals surface area contributed by atoms with E-state index in [4.69, 9.17) is 11.6 Å². The van der Waals surface area contributed by atoms with Crippen molar-refractivity contribution in [3.05, 3.63) is 57.5 Å². The molecule has 1 unspecified atom stereocenters. The highest BCUT2D eigenvalue weighted by Crippen LogP contribution is 2.22. The van der Waals surface area contributed by atoms with Gasteiger partial charge in [-0.05, 0) is 36.4 Å². The second-order valence-corrected chi connectivity index (χ2v) is 6.76. The van der Waals surface area contributed by atoms with Crippen molar-refractivity contribution in [1.82, 2.24) is 0 Å². The van der Waals surface area contributed by atoms with Gasteiger partial charge in [-0.3, -0.25) is 9.00 Å². The number of rotatable bonds is 3. The molecule has 0 spiro atoms. The quantitative estimate of drug-likeness (QED) is 0.882. The van der Waals surface area contributed by atoms with Gasteiger partial charge in [-0.25, -0.2) is 0 Å². The molecule has 20 heavy (non-hydrogen) atoms. The molecule has 0 aliphatic heterocycles. The van der Waals surface area contributed by atoms with Crippen LogP contribution in [-0.4, -0.2) is 16.4 Å². The van der Waals surface area contributed by atoms with Crippen LogP contribution in [-0.2, 0) is 10.8 Å². The molecule has 1 amide bonds. The fraction of sp³-hybridized carbons (Fsp3) is 0.0714. The molecular formula is C14H11BrClNO2S. The first-order chi connectivity index (χ1) is 9.47. The lowest BCUT2D eigenvalue weighted by molar-refractivity contribution is 0.102. The predicted octanol–water partition coefficient (Wildman–Crippen LogP) is 4.09. The molecule has 1 N–H and O–H groups in total. The minimum Gasteiger partial charge on any atom is -0.322 e. The Balaban J connectivity index is 2.25. The van der Waals surface area contributed by atoms with E-state index in [-0.39, 0.29) is 5.91 Å². The van der Waals surface area contributed by atoms with E-state index in [0.29, 0.717) is 21.2 Å². The Labute approximate surface area is 132 Å². The molecule has 0 heterocycles. The van der Waals surface area contributed by atoms with Crippen molar-refractivity contribution in [2.24, 2.45) is 0 Å². The van der Waals surface area contributed by atoms with Crippen LogP contribution in [0.1, 0.15) is 10.4 Å². The third kappa shape index (κ3) is 3.69. The van der Waals surface area contributed by atoms with Crippen LogP contribution in [0.2, 0.25) is 5.02 Å². The van der Waals surface area contributed by atoms with Gasteiger partial charge in [0.2, 0.25) is 0 Å². The van der Waals surface area contributed by atoms with Gasteiger partial charge in [0.05, 0.1) is 10.6 Å². The average Bonchev–Trinajstić information content (AvgIpc) is 2.41. The van der Waals surface area contributed by atoms with Crippen molar-refractivity contribution in [3.8, 4) is 0 Å². The maximum atomic E-state index is 12.2. The Morgan fingerprint density at radius 2 is 2.00 bits per heavy atom. The van der Waals surface area contributed by atoms with Crippen molar-refractivity contribution >= 4 is 49.9 Å². The zero-order valence-corrected chi connectivity index (χ0v) is 13.7. The molecule has 0 bridgehead atoms. The van der Waals surface area contributed by atoms with E-state index in [9.17, 15) is 9.00 Å². The van der Waals surface area contributed by atoms with Gasteiger partial charge >= 0.3 is 0 Å². The summed E-state index contributed by atoms with van der Waals surface area (Å²) in [4.78, 5) is 12.8. The van der Waals surface area contributed by atoms with Gasteiger partial charge in [-0.2, -0.15) is 0 Å². The Morgan fingerprint density at radius 3 is 2.70 bits per heavy atom. The molecule has 2 aromatic carbocycles. The summed E-state index contributed by atoms with van der Waals surface area (Å²) in [6, 6.07) is 12.0. The zero-order valence-electron chi connectivity index (χ0n) is 10.5. The first-order valence-electron chi connectivity index (χ1n) is 5.67. The monoisotopic (exact) mass is 371 g/mol. The molecule has 0 saturated carbocycles. The summed E-state index contributed by atoms with van der Waals surface area (Å²) in [5.74, 6) is -0.310. The van der Waals surface area contributed by atoms with Gasteiger partial charge < -0.3 is 5.32 Å². The minimum absolute atomic E-state index is 0.310. The fourth-order valence-electron chi connectivity index (χ4n) is 1.62. The largest absolute Gasteiger partial charge is 0.322 e. The van der Waals surface area contributed by atoms with Crippen molar-refractivity contribution in [1.29, 1.82) is 0 Å². The average molecular weight is 373 g/mol. The maximum absolute atomic E-state index is 12.2. The second-order valence-electron chi connectivity index (χ2n) is 4.06. The summed E-state index contributed by atoms with van der Waals surface area (Å²) >= 11 is 9.31. The van der Waals surface area contributed by atoms with Gasteiger partial charge in [0.15, 0.2) is 0 Å². The second kappa shape index (κ2) is 6.52. The van der Waals surface area contributed by atoms with Gasteiger partial charge in [0.25, 0.3) is 5.91 Å². The van der Waals surface area contributed by atoms with Crippen LogP contribution >= 0.6 is 27.5 Å². The number of amides is 1. The van der Waals surface area contributed by atoms with E-state index in [0.717, 1.165) is 4.47 Å². The topological polar surface area (TPSA) is 46.2 Å². The van der Waals surface area contributed by atoms with Gasteiger partial charge in [-0.1, -0.05) is 33.6 Å². The fourth-order valence-corrected chi connectivity index (χ4v) is 2.75. The number of benzene rings is 2. The molecule has 6 heteroatoms. The van der Waals surface area contributed by atoms with Crippen molar-refractivity contribution in [2.75, 3.05) is 11.6 Å². The van der Waals surface area contributed by atoms with Gasteiger partial charge in [-0.15, -0.1) is 0 Å². The first-order valence-corrected chi connectivity index (χ1v) is 8.40. The molecule has 2 aromatic rings. The van der Waals surface area contributed by atoms with Crippen LogP contribution in [0.3, 0.4) is 0 Å². The normalized spacial score (nSPS) is 11.9. The Hall–Kier alpha value is -1.17. The molecule has 0 saturated heterocycles. The number of anilines is 1. The molecule has 104 valence electrons. The van der Waals surface area contributed by atoms with Crippen LogP contribution in [0.4, 0.5) is 5.69 Å². The number of hydrogen-bond acceptors (Lipinski definition) is 2. The first kappa shape index (κ1) is 15.2. The molecule has 0 aliphatic rings. The molecule has 0 aliphatic carbocycles. The molecule has 1 atom stereocenters. The van der Waals surface area contributed by atoms with E-state index in [1.165, 1.54) is 0 Å². The molecule has 0 aromatic heterocycles. The molecule has 2 rings (SSSR count). The lowest BCUT2D eigenvalue weighted by Crippen LogP contribution is -2.12. The SMILES string of the molecule is CS(=O)c1cccc(NC(=O)c2cc(Br)ccc2Cl)c1. The molecule has 0 fully saturated rings. The predicted molar refractivity (Wildman–Crippen MR) is 85.9 cm³/mol. The van der Waals surface area contributed by atoms with Crippen molar-refractivity contribution in [2.45, 2.75) is 4.90 Å². The highest BCUT2D eigenvalue weighted by Gasteiger charge is 2.11. The van der Waals surface area contributed by atoms with E-state index in [1.807, 2.05) is 0 Å². The van der Waals surface area contributed by atoms with Crippen LogP contribution < -0.4 is 5.32 Å². The van der Waals surface area contributed by atoms with Crippen LogP contribution in [0.15, 0.2) is 51.8 Å². The molecule has 0 radical (unpaired) electrons. The van der Waals surface area contributed by atoms with Crippen molar-refractivity contribution in [3.63, 3.8) is 0 Å². The van der Waals surface area contributed by atoms with Crippen LogP contribution in [0.25, 0.3) is 0 Å². The summed E-state index contributed by atoms with van der Waals surface area (Å²) in [5, 5.41) is 3.12. The number of nitrogens with one attached hydrogen (secondary N) is 1. The summed E-state index contributed by atoms with van der Waals surface area (Å²) in [7, 11) is -1.09. The summed E-state index contributed by atoms with van der Waals surface area (Å²) in [6.07, 6.45) is 1.59.